The fraction of sp³-hybridized carbons (Fsp3) is 0.444. The van der Waals surface area contributed by atoms with Gasteiger partial charge in [-0.15, -0.1) is 0 Å². The van der Waals surface area contributed by atoms with E-state index in [4.69, 9.17) is 4.74 Å². The van der Waals surface area contributed by atoms with Crippen molar-refractivity contribution in [2.24, 2.45) is 5.92 Å². The quantitative estimate of drug-likeness (QED) is 0.728. The van der Waals surface area contributed by atoms with Crippen LogP contribution in [0.3, 0.4) is 0 Å². The van der Waals surface area contributed by atoms with E-state index in [0.29, 0.717) is 18.4 Å². The maximum Gasteiger partial charge on any atom is 0.219 e. The van der Waals surface area contributed by atoms with Crippen molar-refractivity contribution in [3.05, 3.63) is 42.2 Å². The van der Waals surface area contributed by atoms with Crippen molar-refractivity contribution in [3.63, 3.8) is 0 Å². The fourth-order valence-electron chi connectivity index (χ4n) is 3.26. The number of piperidine rings is 1. The molecule has 0 N–H and O–H groups in total. The standard InChI is InChI=1S/C18H22N6O/c1-13-14(2)20-12-21-18(13)25-11-15-4-8-23(9-5-15)17-16-3-6-22-24(16)10-7-19-17/h3,6-7,10,12,15H,4-5,8-9,11H2,1-2H3. The van der Waals surface area contributed by atoms with Gasteiger partial charge in [-0.2, -0.15) is 5.10 Å². The van der Waals surface area contributed by atoms with Gasteiger partial charge >= 0.3 is 0 Å². The number of aromatic nitrogens is 5. The van der Waals surface area contributed by atoms with Crippen LogP contribution in [0.15, 0.2) is 31.0 Å². The number of ether oxygens (including phenoxy) is 1. The summed E-state index contributed by atoms with van der Waals surface area (Å²) in [5.41, 5.74) is 3.06. The number of nitrogens with zero attached hydrogens (tertiary/aromatic N) is 6. The lowest BCUT2D eigenvalue weighted by Crippen LogP contribution is -2.36. The van der Waals surface area contributed by atoms with Crippen LogP contribution in [0.4, 0.5) is 5.82 Å². The van der Waals surface area contributed by atoms with Gasteiger partial charge in [-0.25, -0.2) is 19.5 Å². The van der Waals surface area contributed by atoms with E-state index >= 15 is 0 Å². The van der Waals surface area contributed by atoms with Crippen molar-refractivity contribution in [1.82, 2.24) is 24.6 Å². The van der Waals surface area contributed by atoms with Gasteiger partial charge in [0.25, 0.3) is 0 Å². The van der Waals surface area contributed by atoms with Crippen LogP contribution in [0.5, 0.6) is 5.88 Å². The summed E-state index contributed by atoms with van der Waals surface area (Å²) in [5.74, 6) is 2.26. The third kappa shape index (κ3) is 3.14. The molecule has 130 valence electrons. The van der Waals surface area contributed by atoms with Crippen LogP contribution in [-0.2, 0) is 0 Å². The molecular formula is C18H22N6O. The van der Waals surface area contributed by atoms with Gasteiger partial charge in [-0.1, -0.05) is 0 Å². The summed E-state index contributed by atoms with van der Waals surface area (Å²) in [6.07, 6.45) is 9.24. The van der Waals surface area contributed by atoms with Crippen molar-refractivity contribution in [3.8, 4) is 5.88 Å². The minimum Gasteiger partial charge on any atom is -0.477 e. The predicted octanol–water partition coefficient (Wildman–Crippen LogP) is 2.43. The van der Waals surface area contributed by atoms with Crippen molar-refractivity contribution in [2.75, 3.05) is 24.6 Å². The first-order valence-electron chi connectivity index (χ1n) is 8.66. The zero-order chi connectivity index (χ0) is 17.2. The van der Waals surface area contributed by atoms with Crippen molar-refractivity contribution < 1.29 is 4.74 Å². The van der Waals surface area contributed by atoms with Gasteiger partial charge in [0.1, 0.15) is 11.8 Å². The second-order valence-corrected chi connectivity index (χ2v) is 6.54. The van der Waals surface area contributed by atoms with Gasteiger partial charge in [0.2, 0.25) is 5.88 Å². The van der Waals surface area contributed by atoms with Crippen molar-refractivity contribution >= 4 is 11.3 Å². The molecule has 0 radical (unpaired) electrons. The Morgan fingerprint density at radius 2 is 1.96 bits per heavy atom. The van der Waals surface area contributed by atoms with Gasteiger partial charge < -0.3 is 9.64 Å². The lowest BCUT2D eigenvalue weighted by Gasteiger charge is -2.32. The van der Waals surface area contributed by atoms with Crippen LogP contribution in [-0.4, -0.2) is 44.3 Å². The molecular weight excluding hydrogens is 316 g/mol. The molecule has 0 aromatic carbocycles. The maximum atomic E-state index is 5.96. The first kappa shape index (κ1) is 15.8. The smallest absolute Gasteiger partial charge is 0.219 e. The van der Waals surface area contributed by atoms with Crippen LogP contribution < -0.4 is 9.64 Å². The van der Waals surface area contributed by atoms with E-state index in [2.05, 4.69) is 25.0 Å². The van der Waals surface area contributed by atoms with Gasteiger partial charge in [0.05, 0.1) is 12.8 Å². The molecule has 0 saturated carbocycles. The summed E-state index contributed by atoms with van der Waals surface area (Å²) >= 11 is 0. The number of hydrogen-bond acceptors (Lipinski definition) is 6. The average Bonchev–Trinajstić information content (AvgIpc) is 3.12. The first-order valence-corrected chi connectivity index (χ1v) is 8.66. The third-order valence-corrected chi connectivity index (χ3v) is 4.96. The Labute approximate surface area is 146 Å². The molecule has 25 heavy (non-hydrogen) atoms. The Kier molecular flexibility index (Phi) is 4.21. The molecule has 7 heteroatoms. The lowest BCUT2D eigenvalue weighted by atomic mass is 9.98. The zero-order valence-corrected chi connectivity index (χ0v) is 14.6. The Bertz CT molecular complexity index is 869. The van der Waals surface area contributed by atoms with Crippen LogP contribution in [0, 0.1) is 19.8 Å². The predicted molar refractivity (Wildman–Crippen MR) is 94.9 cm³/mol. The highest BCUT2D eigenvalue weighted by Crippen LogP contribution is 2.26. The monoisotopic (exact) mass is 338 g/mol. The molecule has 4 rings (SSSR count). The van der Waals surface area contributed by atoms with Crippen molar-refractivity contribution in [2.45, 2.75) is 26.7 Å². The number of fused-ring (bicyclic) bond motifs is 1. The molecule has 1 aliphatic heterocycles. The zero-order valence-electron chi connectivity index (χ0n) is 14.6. The third-order valence-electron chi connectivity index (χ3n) is 4.96. The second-order valence-electron chi connectivity index (χ2n) is 6.54. The molecule has 0 spiro atoms. The molecule has 7 nitrogen and oxygen atoms in total. The van der Waals surface area contributed by atoms with Crippen LogP contribution in [0.1, 0.15) is 24.1 Å². The highest BCUT2D eigenvalue weighted by atomic mass is 16.5. The van der Waals surface area contributed by atoms with Gasteiger partial charge in [0.15, 0.2) is 5.82 Å². The van der Waals surface area contributed by atoms with E-state index in [1.165, 1.54) is 0 Å². The SMILES string of the molecule is Cc1ncnc(OCC2CCN(c3nccn4nccc34)CC2)c1C. The summed E-state index contributed by atoms with van der Waals surface area (Å²) in [6.45, 7) is 6.65. The first-order chi connectivity index (χ1) is 12.2. The molecule has 0 atom stereocenters. The van der Waals surface area contributed by atoms with E-state index < -0.39 is 0 Å². The van der Waals surface area contributed by atoms with E-state index in [9.17, 15) is 0 Å². The Morgan fingerprint density at radius 1 is 1.12 bits per heavy atom. The number of aryl methyl sites for hydroxylation is 1. The lowest BCUT2D eigenvalue weighted by molar-refractivity contribution is 0.214. The highest BCUT2D eigenvalue weighted by Gasteiger charge is 2.22. The molecule has 0 bridgehead atoms. The molecule has 0 aliphatic carbocycles. The number of hydrogen-bond donors (Lipinski definition) is 0. The van der Waals surface area contributed by atoms with Crippen LogP contribution in [0.2, 0.25) is 0 Å². The highest BCUT2D eigenvalue weighted by molar-refractivity contribution is 5.68. The van der Waals surface area contributed by atoms with E-state index in [-0.39, 0.29) is 0 Å². The summed E-state index contributed by atoms with van der Waals surface area (Å²) in [5, 5.41) is 4.29. The summed E-state index contributed by atoms with van der Waals surface area (Å²) < 4.78 is 7.83. The number of anilines is 1. The molecule has 1 fully saturated rings. The summed E-state index contributed by atoms with van der Waals surface area (Å²) in [7, 11) is 0. The van der Waals surface area contributed by atoms with E-state index in [1.807, 2.05) is 43.0 Å². The maximum absolute atomic E-state index is 5.96. The van der Waals surface area contributed by atoms with E-state index in [1.54, 1.807) is 6.33 Å². The molecule has 1 aliphatic rings. The van der Waals surface area contributed by atoms with Crippen molar-refractivity contribution in [1.29, 1.82) is 0 Å². The summed E-state index contributed by atoms with van der Waals surface area (Å²) in [6, 6.07) is 2.01. The number of rotatable bonds is 4. The van der Waals surface area contributed by atoms with Gasteiger partial charge in [0, 0.05) is 36.7 Å². The second kappa shape index (κ2) is 6.66. The molecule has 0 unspecified atom stereocenters. The van der Waals surface area contributed by atoms with Crippen LogP contribution in [0.25, 0.3) is 5.52 Å². The Balaban J connectivity index is 1.37. The minimum absolute atomic E-state index is 0.538. The Morgan fingerprint density at radius 3 is 2.80 bits per heavy atom. The molecule has 3 aromatic rings. The minimum atomic E-state index is 0.538. The van der Waals surface area contributed by atoms with E-state index in [0.717, 1.165) is 48.5 Å². The molecule has 0 amide bonds. The summed E-state index contributed by atoms with van der Waals surface area (Å²) in [4.78, 5) is 15.3. The Hall–Kier alpha value is -2.70. The fourth-order valence-corrected chi connectivity index (χ4v) is 3.26. The normalized spacial score (nSPS) is 15.7. The molecule has 1 saturated heterocycles. The largest absolute Gasteiger partial charge is 0.477 e. The average molecular weight is 338 g/mol. The van der Waals surface area contributed by atoms with Crippen LogP contribution >= 0.6 is 0 Å². The van der Waals surface area contributed by atoms with Gasteiger partial charge in [-0.05, 0) is 38.7 Å². The topological polar surface area (TPSA) is 68.4 Å². The molecule has 3 aromatic heterocycles. The molecule has 4 heterocycles. The van der Waals surface area contributed by atoms with Gasteiger partial charge in [-0.3, -0.25) is 0 Å².